The van der Waals surface area contributed by atoms with Crippen molar-refractivity contribution in [2.45, 2.75) is 52.1 Å². The third-order valence-electron chi connectivity index (χ3n) is 5.44. The van der Waals surface area contributed by atoms with Crippen LogP contribution in [0.4, 0.5) is 0 Å². The van der Waals surface area contributed by atoms with Crippen LogP contribution in [-0.2, 0) is 24.3 Å². The molecular formula is C19H24N2O. The SMILES string of the molecule is CCn1cc2c3c(cccc31)CN(C(=O)C1CCCC1)CC2. The highest BCUT2D eigenvalue weighted by atomic mass is 16.2. The van der Waals surface area contributed by atoms with Crippen LogP contribution >= 0.6 is 0 Å². The van der Waals surface area contributed by atoms with Crippen LogP contribution in [0.15, 0.2) is 24.4 Å². The number of aromatic nitrogens is 1. The summed E-state index contributed by atoms with van der Waals surface area (Å²) in [7, 11) is 0. The molecule has 2 aliphatic rings. The van der Waals surface area contributed by atoms with Crippen molar-refractivity contribution in [1.29, 1.82) is 0 Å². The first-order chi connectivity index (χ1) is 10.8. The first kappa shape index (κ1) is 13.9. The molecule has 0 unspecified atom stereocenters. The highest BCUT2D eigenvalue weighted by molar-refractivity contribution is 5.89. The zero-order chi connectivity index (χ0) is 15.1. The summed E-state index contributed by atoms with van der Waals surface area (Å²) in [5.74, 6) is 0.676. The Morgan fingerprint density at radius 1 is 1.23 bits per heavy atom. The molecule has 3 heteroatoms. The Balaban J connectivity index is 1.69. The standard InChI is InChI=1S/C19H24N2O/c1-2-20-12-16-10-11-21(19(22)14-6-3-4-7-14)13-15-8-5-9-17(20)18(15)16/h5,8-9,12,14H,2-4,6-7,10-11,13H2,1H3. The number of benzene rings is 1. The van der Waals surface area contributed by atoms with E-state index < -0.39 is 0 Å². The summed E-state index contributed by atoms with van der Waals surface area (Å²) < 4.78 is 2.34. The van der Waals surface area contributed by atoms with E-state index in [4.69, 9.17) is 0 Å². The molecule has 4 rings (SSSR count). The number of carbonyl (C=O) groups is 1. The van der Waals surface area contributed by atoms with Crippen LogP contribution in [0, 0.1) is 5.92 Å². The van der Waals surface area contributed by atoms with Gasteiger partial charge in [-0.15, -0.1) is 0 Å². The van der Waals surface area contributed by atoms with Crippen LogP contribution in [0.1, 0.15) is 43.7 Å². The van der Waals surface area contributed by atoms with Gasteiger partial charge in [0.15, 0.2) is 0 Å². The van der Waals surface area contributed by atoms with Crippen LogP contribution < -0.4 is 0 Å². The normalized spacial score (nSPS) is 18.9. The summed E-state index contributed by atoms with van der Waals surface area (Å²) in [5, 5.41) is 1.39. The maximum absolute atomic E-state index is 12.8. The second-order valence-electron chi connectivity index (χ2n) is 6.74. The molecule has 0 saturated heterocycles. The molecule has 2 heterocycles. The first-order valence-corrected chi connectivity index (χ1v) is 8.66. The van der Waals surface area contributed by atoms with E-state index in [1.807, 2.05) is 0 Å². The van der Waals surface area contributed by atoms with Crippen LogP contribution in [0.25, 0.3) is 10.9 Å². The first-order valence-electron chi connectivity index (χ1n) is 8.66. The van der Waals surface area contributed by atoms with E-state index in [9.17, 15) is 4.79 Å². The summed E-state index contributed by atoms with van der Waals surface area (Å²) >= 11 is 0. The van der Waals surface area contributed by atoms with Gasteiger partial charge in [-0.2, -0.15) is 0 Å². The van der Waals surface area contributed by atoms with Crippen molar-refractivity contribution in [1.82, 2.24) is 9.47 Å². The molecule has 1 fully saturated rings. The van der Waals surface area contributed by atoms with E-state index in [0.29, 0.717) is 5.91 Å². The minimum Gasteiger partial charge on any atom is -0.347 e. The average molecular weight is 296 g/mol. The second-order valence-corrected chi connectivity index (χ2v) is 6.74. The molecule has 1 saturated carbocycles. The van der Waals surface area contributed by atoms with Gasteiger partial charge < -0.3 is 9.47 Å². The molecule has 0 spiro atoms. The Kier molecular flexibility index (Phi) is 3.44. The van der Waals surface area contributed by atoms with Crippen LogP contribution in [0.3, 0.4) is 0 Å². The molecule has 0 bridgehead atoms. The molecule has 1 aromatic heterocycles. The van der Waals surface area contributed by atoms with Crippen molar-refractivity contribution in [3.8, 4) is 0 Å². The van der Waals surface area contributed by atoms with Gasteiger partial charge in [-0.1, -0.05) is 25.0 Å². The van der Waals surface area contributed by atoms with Crippen LogP contribution in [0.2, 0.25) is 0 Å². The van der Waals surface area contributed by atoms with Gasteiger partial charge in [-0.05, 0) is 43.4 Å². The Morgan fingerprint density at radius 3 is 2.82 bits per heavy atom. The van der Waals surface area contributed by atoms with Gasteiger partial charge >= 0.3 is 0 Å². The molecular weight excluding hydrogens is 272 g/mol. The topological polar surface area (TPSA) is 25.2 Å². The molecule has 22 heavy (non-hydrogen) atoms. The van der Waals surface area contributed by atoms with E-state index in [-0.39, 0.29) is 5.92 Å². The Hall–Kier alpha value is -1.77. The van der Waals surface area contributed by atoms with Crippen molar-refractivity contribution in [2.75, 3.05) is 6.54 Å². The Bertz CT molecular complexity index is 710. The van der Waals surface area contributed by atoms with E-state index in [0.717, 1.165) is 38.9 Å². The fraction of sp³-hybridized carbons (Fsp3) is 0.526. The molecule has 1 amide bonds. The molecule has 1 aliphatic carbocycles. The molecule has 3 nitrogen and oxygen atoms in total. The number of hydrogen-bond acceptors (Lipinski definition) is 1. The summed E-state index contributed by atoms with van der Waals surface area (Å²) in [6.45, 7) is 4.85. The molecule has 116 valence electrons. The van der Waals surface area contributed by atoms with Crippen molar-refractivity contribution in [2.24, 2.45) is 5.92 Å². The minimum atomic E-state index is 0.284. The van der Waals surface area contributed by atoms with E-state index >= 15 is 0 Å². The average Bonchev–Trinajstić information content (AvgIpc) is 3.14. The molecule has 0 radical (unpaired) electrons. The van der Waals surface area contributed by atoms with Crippen LogP contribution in [-0.4, -0.2) is 21.9 Å². The molecule has 2 aromatic rings. The lowest BCUT2D eigenvalue weighted by Crippen LogP contribution is -2.35. The maximum Gasteiger partial charge on any atom is 0.225 e. The maximum atomic E-state index is 12.8. The second kappa shape index (κ2) is 5.45. The number of rotatable bonds is 2. The molecule has 0 atom stereocenters. The predicted molar refractivity (Wildman–Crippen MR) is 88.7 cm³/mol. The van der Waals surface area contributed by atoms with Crippen molar-refractivity contribution >= 4 is 16.8 Å². The smallest absolute Gasteiger partial charge is 0.225 e. The highest BCUT2D eigenvalue weighted by Crippen LogP contribution is 2.32. The zero-order valence-corrected chi connectivity index (χ0v) is 13.3. The lowest BCUT2D eigenvalue weighted by molar-refractivity contribution is -0.135. The van der Waals surface area contributed by atoms with Crippen LogP contribution in [0.5, 0.6) is 0 Å². The minimum absolute atomic E-state index is 0.284. The molecule has 0 N–H and O–H groups in total. The van der Waals surface area contributed by atoms with Gasteiger partial charge in [0.25, 0.3) is 0 Å². The Labute approximate surface area is 131 Å². The van der Waals surface area contributed by atoms with Gasteiger partial charge in [0.05, 0.1) is 0 Å². The summed E-state index contributed by atoms with van der Waals surface area (Å²) in [6, 6.07) is 6.55. The van der Waals surface area contributed by atoms with E-state index in [1.54, 1.807) is 0 Å². The lowest BCUT2D eigenvalue weighted by Gasteiger charge is -2.24. The molecule has 1 aliphatic heterocycles. The van der Waals surface area contributed by atoms with Crippen molar-refractivity contribution in [3.63, 3.8) is 0 Å². The van der Waals surface area contributed by atoms with Gasteiger partial charge in [0.1, 0.15) is 0 Å². The third-order valence-corrected chi connectivity index (χ3v) is 5.44. The summed E-state index contributed by atoms with van der Waals surface area (Å²) in [5.41, 5.74) is 4.06. The number of aryl methyl sites for hydroxylation is 1. The number of nitrogens with zero attached hydrogens (tertiary/aromatic N) is 2. The van der Waals surface area contributed by atoms with Gasteiger partial charge in [0, 0.05) is 42.7 Å². The van der Waals surface area contributed by atoms with E-state index in [2.05, 4.69) is 40.8 Å². The van der Waals surface area contributed by atoms with Gasteiger partial charge in [0.2, 0.25) is 5.91 Å². The number of amides is 1. The van der Waals surface area contributed by atoms with Crippen molar-refractivity contribution < 1.29 is 4.79 Å². The van der Waals surface area contributed by atoms with Gasteiger partial charge in [-0.25, -0.2) is 0 Å². The third kappa shape index (κ3) is 2.15. The van der Waals surface area contributed by atoms with Gasteiger partial charge in [-0.3, -0.25) is 4.79 Å². The zero-order valence-electron chi connectivity index (χ0n) is 13.3. The quantitative estimate of drug-likeness (QED) is 0.829. The summed E-state index contributed by atoms with van der Waals surface area (Å²) in [6.07, 6.45) is 7.91. The van der Waals surface area contributed by atoms with Crippen molar-refractivity contribution in [3.05, 3.63) is 35.5 Å². The number of carbonyl (C=O) groups excluding carboxylic acids is 1. The highest BCUT2D eigenvalue weighted by Gasteiger charge is 2.29. The van der Waals surface area contributed by atoms with E-state index in [1.165, 1.54) is 34.9 Å². The fourth-order valence-electron chi connectivity index (χ4n) is 4.26. The largest absolute Gasteiger partial charge is 0.347 e. The summed E-state index contributed by atoms with van der Waals surface area (Å²) in [4.78, 5) is 14.9. The Morgan fingerprint density at radius 2 is 2.05 bits per heavy atom. The lowest BCUT2D eigenvalue weighted by atomic mass is 10.1. The fourth-order valence-corrected chi connectivity index (χ4v) is 4.26. The predicted octanol–water partition coefficient (Wildman–Crippen LogP) is 3.74. The molecule has 1 aromatic carbocycles. The monoisotopic (exact) mass is 296 g/mol. The number of hydrogen-bond donors (Lipinski definition) is 0.